The van der Waals surface area contributed by atoms with Gasteiger partial charge in [-0.25, -0.2) is 0 Å². The van der Waals surface area contributed by atoms with Crippen LogP contribution in [0.4, 0.5) is 0 Å². The van der Waals surface area contributed by atoms with Crippen LogP contribution in [0.5, 0.6) is 0 Å². The molecule has 1 atom stereocenters. The smallest absolute Gasteiger partial charge is 0.0723 e. The molecule has 3 heteroatoms. The molecular formula is C22H32N2O. The second-order valence-electron chi connectivity index (χ2n) is 7.54. The predicted octanol–water partition coefficient (Wildman–Crippen LogP) is 3.72. The van der Waals surface area contributed by atoms with Gasteiger partial charge in [-0.15, -0.1) is 0 Å². The van der Waals surface area contributed by atoms with Crippen LogP contribution in [0.1, 0.15) is 38.2 Å². The van der Waals surface area contributed by atoms with E-state index < -0.39 is 5.60 Å². The van der Waals surface area contributed by atoms with E-state index >= 15 is 0 Å². The van der Waals surface area contributed by atoms with Crippen molar-refractivity contribution in [2.75, 3.05) is 39.8 Å². The van der Waals surface area contributed by atoms with Crippen LogP contribution in [-0.2, 0) is 0 Å². The van der Waals surface area contributed by atoms with Crippen LogP contribution in [0.25, 0.3) is 10.8 Å². The normalized spacial score (nSPS) is 18.6. The highest BCUT2D eigenvalue weighted by Crippen LogP contribution is 2.38. The average molecular weight is 341 g/mol. The van der Waals surface area contributed by atoms with Gasteiger partial charge in [0.25, 0.3) is 0 Å². The van der Waals surface area contributed by atoms with E-state index in [1.807, 2.05) is 0 Å². The zero-order chi connectivity index (χ0) is 17.9. The summed E-state index contributed by atoms with van der Waals surface area (Å²) in [4.78, 5) is 4.91. The molecule has 3 rings (SSSR count). The van der Waals surface area contributed by atoms with Crippen LogP contribution in [0.15, 0.2) is 42.5 Å². The molecule has 0 amide bonds. The fraction of sp³-hybridized carbons (Fsp3) is 0.545. The maximum Gasteiger partial charge on any atom is 0.0723 e. The summed E-state index contributed by atoms with van der Waals surface area (Å²) in [5, 5.41) is 14.0. The van der Waals surface area contributed by atoms with Crippen molar-refractivity contribution in [1.29, 1.82) is 0 Å². The van der Waals surface area contributed by atoms with Crippen molar-refractivity contribution in [3.8, 4) is 0 Å². The number of hydrogen-bond acceptors (Lipinski definition) is 3. The number of benzene rings is 2. The molecule has 0 radical (unpaired) electrons. The standard InChI is InChI=1S/C22H32N2O/c1-4-22(25,5-2)21(17-24-15-13-23(3)14-16-24)20-12-8-10-18-9-6-7-11-19(18)20/h6-12,21,25H,4-5,13-17H2,1-3H3. The van der Waals surface area contributed by atoms with E-state index in [-0.39, 0.29) is 5.92 Å². The minimum absolute atomic E-state index is 0.136. The Bertz CT molecular complexity index is 682. The fourth-order valence-corrected chi connectivity index (χ4v) is 4.14. The molecule has 0 saturated carbocycles. The van der Waals surface area contributed by atoms with E-state index in [0.29, 0.717) is 0 Å². The third-order valence-corrected chi connectivity index (χ3v) is 6.11. The van der Waals surface area contributed by atoms with Gasteiger partial charge in [0.1, 0.15) is 0 Å². The first-order chi connectivity index (χ1) is 12.1. The van der Waals surface area contributed by atoms with Gasteiger partial charge in [0, 0.05) is 38.6 Å². The monoisotopic (exact) mass is 340 g/mol. The number of nitrogens with zero attached hydrogens (tertiary/aromatic N) is 2. The molecular weight excluding hydrogens is 308 g/mol. The molecule has 1 aliphatic rings. The maximum absolute atomic E-state index is 11.4. The zero-order valence-corrected chi connectivity index (χ0v) is 15.9. The lowest BCUT2D eigenvalue weighted by molar-refractivity contribution is -0.0107. The predicted molar refractivity (Wildman–Crippen MR) is 106 cm³/mol. The first-order valence-electron chi connectivity index (χ1n) is 9.68. The molecule has 1 N–H and O–H groups in total. The Morgan fingerprint density at radius 3 is 2.28 bits per heavy atom. The van der Waals surface area contributed by atoms with Crippen LogP contribution >= 0.6 is 0 Å². The Morgan fingerprint density at radius 2 is 1.60 bits per heavy atom. The molecule has 0 bridgehead atoms. The van der Waals surface area contributed by atoms with Gasteiger partial charge in [-0.1, -0.05) is 56.3 Å². The second kappa shape index (κ2) is 7.86. The molecule has 1 saturated heterocycles. The van der Waals surface area contributed by atoms with Gasteiger partial charge in [-0.2, -0.15) is 0 Å². The number of fused-ring (bicyclic) bond motifs is 1. The molecule has 1 aliphatic heterocycles. The van der Waals surface area contributed by atoms with E-state index in [4.69, 9.17) is 0 Å². The molecule has 0 aromatic heterocycles. The number of hydrogen-bond donors (Lipinski definition) is 1. The van der Waals surface area contributed by atoms with Crippen LogP contribution in [0.3, 0.4) is 0 Å². The molecule has 1 fully saturated rings. The quantitative estimate of drug-likeness (QED) is 0.868. The summed E-state index contributed by atoms with van der Waals surface area (Å²) < 4.78 is 0. The Kier molecular flexibility index (Phi) is 5.78. The first-order valence-corrected chi connectivity index (χ1v) is 9.68. The Morgan fingerprint density at radius 1 is 0.960 bits per heavy atom. The van der Waals surface area contributed by atoms with Crippen LogP contribution in [-0.4, -0.2) is 60.3 Å². The molecule has 2 aromatic rings. The fourth-order valence-electron chi connectivity index (χ4n) is 4.14. The number of aliphatic hydroxyl groups is 1. The van der Waals surface area contributed by atoms with Gasteiger partial charge in [-0.3, -0.25) is 0 Å². The lowest BCUT2D eigenvalue weighted by Crippen LogP contribution is -2.49. The Balaban J connectivity index is 1.98. The zero-order valence-electron chi connectivity index (χ0n) is 15.9. The van der Waals surface area contributed by atoms with Gasteiger partial charge >= 0.3 is 0 Å². The van der Waals surface area contributed by atoms with Gasteiger partial charge in [0.15, 0.2) is 0 Å². The third kappa shape index (κ3) is 3.89. The number of piperazine rings is 1. The molecule has 25 heavy (non-hydrogen) atoms. The van der Waals surface area contributed by atoms with Crippen molar-refractivity contribution in [2.45, 2.75) is 38.2 Å². The second-order valence-corrected chi connectivity index (χ2v) is 7.54. The summed E-state index contributed by atoms with van der Waals surface area (Å²) in [5.74, 6) is 0.136. The molecule has 2 aromatic carbocycles. The van der Waals surface area contributed by atoms with Crippen molar-refractivity contribution in [2.24, 2.45) is 0 Å². The lowest BCUT2D eigenvalue weighted by atomic mass is 9.76. The third-order valence-electron chi connectivity index (χ3n) is 6.11. The van der Waals surface area contributed by atoms with Gasteiger partial charge < -0.3 is 14.9 Å². The lowest BCUT2D eigenvalue weighted by Gasteiger charge is -2.41. The maximum atomic E-state index is 11.4. The van der Waals surface area contributed by atoms with E-state index in [2.05, 4.69) is 73.2 Å². The Hall–Kier alpha value is -1.42. The summed E-state index contributed by atoms with van der Waals surface area (Å²) in [6.45, 7) is 9.55. The van der Waals surface area contributed by atoms with Gasteiger partial charge in [0.05, 0.1) is 5.60 Å². The molecule has 1 heterocycles. The van der Waals surface area contributed by atoms with Crippen molar-refractivity contribution in [3.05, 3.63) is 48.0 Å². The van der Waals surface area contributed by atoms with Crippen molar-refractivity contribution in [1.82, 2.24) is 9.80 Å². The molecule has 136 valence electrons. The summed E-state index contributed by atoms with van der Waals surface area (Å²) in [6, 6.07) is 15.1. The average Bonchev–Trinajstić information content (AvgIpc) is 2.66. The highest BCUT2D eigenvalue weighted by atomic mass is 16.3. The summed E-state index contributed by atoms with van der Waals surface area (Å²) in [7, 11) is 2.19. The number of rotatable bonds is 6. The molecule has 3 nitrogen and oxygen atoms in total. The molecule has 0 spiro atoms. The van der Waals surface area contributed by atoms with Crippen LogP contribution in [0.2, 0.25) is 0 Å². The summed E-state index contributed by atoms with van der Waals surface area (Å²) >= 11 is 0. The summed E-state index contributed by atoms with van der Waals surface area (Å²) in [5.41, 5.74) is 0.635. The van der Waals surface area contributed by atoms with E-state index in [9.17, 15) is 5.11 Å². The van der Waals surface area contributed by atoms with E-state index in [0.717, 1.165) is 45.6 Å². The van der Waals surface area contributed by atoms with Gasteiger partial charge in [-0.05, 0) is 36.2 Å². The summed E-state index contributed by atoms with van der Waals surface area (Å²) in [6.07, 6.45) is 1.57. The SMILES string of the molecule is CCC(O)(CC)C(CN1CCN(C)CC1)c1cccc2ccccc12. The van der Waals surface area contributed by atoms with Crippen molar-refractivity contribution in [3.63, 3.8) is 0 Å². The van der Waals surface area contributed by atoms with Crippen molar-refractivity contribution >= 4 is 10.8 Å². The first kappa shape index (κ1) is 18.4. The number of likely N-dealkylation sites (N-methyl/N-ethyl adjacent to an activating group) is 1. The minimum atomic E-state index is -0.659. The van der Waals surface area contributed by atoms with Crippen LogP contribution < -0.4 is 0 Å². The van der Waals surface area contributed by atoms with Crippen LogP contribution in [0, 0.1) is 0 Å². The molecule has 0 aliphatic carbocycles. The minimum Gasteiger partial charge on any atom is -0.389 e. The Labute approximate surface area is 152 Å². The van der Waals surface area contributed by atoms with E-state index in [1.165, 1.54) is 16.3 Å². The largest absolute Gasteiger partial charge is 0.389 e. The van der Waals surface area contributed by atoms with Crippen molar-refractivity contribution < 1.29 is 5.11 Å². The topological polar surface area (TPSA) is 26.7 Å². The van der Waals surface area contributed by atoms with E-state index in [1.54, 1.807) is 0 Å². The highest BCUT2D eigenvalue weighted by molar-refractivity contribution is 5.86. The molecule has 1 unspecified atom stereocenters. The van der Waals surface area contributed by atoms with Gasteiger partial charge in [0.2, 0.25) is 0 Å². The highest BCUT2D eigenvalue weighted by Gasteiger charge is 2.36.